The van der Waals surface area contributed by atoms with Gasteiger partial charge in [-0.2, -0.15) is 0 Å². The van der Waals surface area contributed by atoms with Crippen LogP contribution in [0.2, 0.25) is 5.02 Å². The number of aromatic nitrogens is 2. The fourth-order valence-corrected chi connectivity index (χ4v) is 5.42. The summed E-state index contributed by atoms with van der Waals surface area (Å²) in [6.45, 7) is 1.73. The van der Waals surface area contributed by atoms with Gasteiger partial charge in [0.2, 0.25) is 11.8 Å². The van der Waals surface area contributed by atoms with Crippen LogP contribution in [0.15, 0.2) is 33.9 Å². The summed E-state index contributed by atoms with van der Waals surface area (Å²) in [4.78, 5) is 12.3. The van der Waals surface area contributed by atoms with Crippen LogP contribution in [-0.2, 0) is 21.1 Å². The Morgan fingerprint density at radius 1 is 1.46 bits per heavy atom. The van der Waals surface area contributed by atoms with Gasteiger partial charge in [-0.15, -0.1) is 10.2 Å². The van der Waals surface area contributed by atoms with Crippen LogP contribution in [0.3, 0.4) is 0 Å². The molecule has 10 heteroatoms. The maximum atomic E-state index is 12.3. The molecule has 0 spiro atoms. The summed E-state index contributed by atoms with van der Waals surface area (Å²) in [5, 5.41) is 11.0. The molecule has 1 aliphatic rings. The van der Waals surface area contributed by atoms with E-state index in [0.717, 1.165) is 11.8 Å². The number of hydrogen-bond acceptors (Lipinski definition) is 7. The van der Waals surface area contributed by atoms with Crippen molar-refractivity contribution in [1.29, 1.82) is 0 Å². The van der Waals surface area contributed by atoms with E-state index in [0.29, 0.717) is 29.4 Å². The van der Waals surface area contributed by atoms with Crippen LogP contribution < -0.4 is 5.32 Å². The second-order valence-electron chi connectivity index (χ2n) is 6.19. The highest BCUT2D eigenvalue weighted by molar-refractivity contribution is 8.00. The number of thioether (sulfide) groups is 1. The highest BCUT2D eigenvalue weighted by Crippen LogP contribution is 2.26. The molecule has 26 heavy (non-hydrogen) atoms. The SMILES string of the molecule is C[C@H](Sc1nnc(C[C@@H]2CCS(=O)(=O)C2)o1)C(=O)Nc1cccc(Cl)c1. The summed E-state index contributed by atoms with van der Waals surface area (Å²) in [5.41, 5.74) is 0.614. The van der Waals surface area contributed by atoms with Crippen LogP contribution in [0.25, 0.3) is 0 Å². The molecule has 140 valence electrons. The Labute approximate surface area is 160 Å². The van der Waals surface area contributed by atoms with Crippen LogP contribution >= 0.6 is 23.4 Å². The van der Waals surface area contributed by atoms with Gasteiger partial charge in [-0.1, -0.05) is 29.4 Å². The van der Waals surface area contributed by atoms with E-state index in [-0.39, 0.29) is 28.6 Å². The van der Waals surface area contributed by atoms with Gasteiger partial charge in [0.1, 0.15) is 0 Å². The van der Waals surface area contributed by atoms with E-state index in [1.807, 2.05) is 0 Å². The minimum absolute atomic E-state index is 0.0156. The lowest BCUT2D eigenvalue weighted by atomic mass is 10.1. The molecule has 2 heterocycles. The molecule has 1 fully saturated rings. The normalized spacial score (nSPS) is 20.0. The van der Waals surface area contributed by atoms with Gasteiger partial charge in [0, 0.05) is 17.1 Å². The monoisotopic (exact) mass is 415 g/mol. The first-order chi connectivity index (χ1) is 12.3. The van der Waals surface area contributed by atoms with Crippen LogP contribution in [0.1, 0.15) is 19.2 Å². The van der Waals surface area contributed by atoms with Gasteiger partial charge in [-0.3, -0.25) is 4.79 Å². The molecule has 0 bridgehead atoms. The number of amides is 1. The third-order valence-corrected chi connectivity index (χ3v) is 6.98. The molecule has 1 aliphatic heterocycles. The fourth-order valence-electron chi connectivity index (χ4n) is 2.66. The van der Waals surface area contributed by atoms with Gasteiger partial charge in [0.15, 0.2) is 9.84 Å². The zero-order chi connectivity index (χ0) is 18.7. The molecule has 0 unspecified atom stereocenters. The molecular weight excluding hydrogens is 398 g/mol. The van der Waals surface area contributed by atoms with Crippen molar-refractivity contribution in [2.75, 3.05) is 16.8 Å². The highest BCUT2D eigenvalue weighted by Gasteiger charge is 2.29. The minimum Gasteiger partial charge on any atom is -0.416 e. The number of rotatable bonds is 6. The highest BCUT2D eigenvalue weighted by atomic mass is 35.5. The van der Waals surface area contributed by atoms with E-state index in [9.17, 15) is 13.2 Å². The third kappa shape index (κ3) is 5.21. The number of carbonyl (C=O) groups excluding carboxylic acids is 1. The summed E-state index contributed by atoms with van der Waals surface area (Å²) in [7, 11) is -2.93. The molecule has 0 aliphatic carbocycles. The van der Waals surface area contributed by atoms with Crippen molar-refractivity contribution in [3.8, 4) is 0 Å². The molecule has 2 atom stereocenters. The third-order valence-electron chi connectivity index (χ3n) is 3.98. The molecule has 1 saturated heterocycles. The molecule has 7 nitrogen and oxygen atoms in total. The van der Waals surface area contributed by atoms with Crippen molar-refractivity contribution in [3.63, 3.8) is 0 Å². The molecule has 3 rings (SSSR count). The summed E-state index contributed by atoms with van der Waals surface area (Å²) < 4.78 is 28.6. The second kappa shape index (κ2) is 7.98. The first-order valence-corrected chi connectivity index (χ1v) is 11.1. The quantitative estimate of drug-likeness (QED) is 0.723. The Kier molecular flexibility index (Phi) is 5.89. The van der Waals surface area contributed by atoms with E-state index in [4.69, 9.17) is 16.0 Å². The Balaban J connectivity index is 1.54. The molecule has 0 radical (unpaired) electrons. The van der Waals surface area contributed by atoms with Crippen LogP contribution in [-0.4, -0.2) is 41.3 Å². The van der Waals surface area contributed by atoms with Gasteiger partial charge in [-0.25, -0.2) is 8.42 Å². The number of sulfone groups is 1. The van der Waals surface area contributed by atoms with Gasteiger partial charge >= 0.3 is 0 Å². The lowest BCUT2D eigenvalue weighted by Crippen LogP contribution is -2.22. The number of anilines is 1. The zero-order valence-corrected chi connectivity index (χ0v) is 16.4. The Bertz CT molecular complexity index is 900. The topological polar surface area (TPSA) is 102 Å². The molecule has 2 aromatic rings. The van der Waals surface area contributed by atoms with E-state index in [2.05, 4.69) is 15.5 Å². The van der Waals surface area contributed by atoms with E-state index in [1.165, 1.54) is 0 Å². The maximum Gasteiger partial charge on any atom is 0.277 e. The molecule has 0 saturated carbocycles. The summed E-state index contributed by atoms with van der Waals surface area (Å²) >= 11 is 7.05. The first kappa shape index (κ1) is 19.2. The van der Waals surface area contributed by atoms with Crippen molar-refractivity contribution >= 4 is 44.8 Å². The standard InChI is InChI=1S/C16H18ClN3O4S2/c1-10(15(21)18-13-4-2-3-12(17)8-13)25-16-20-19-14(24-16)7-11-5-6-26(22,23)9-11/h2-4,8,10-11H,5-7,9H2,1H3,(H,18,21)/t10-,11-/m0/s1. The van der Waals surface area contributed by atoms with Crippen LogP contribution in [0, 0.1) is 5.92 Å². The van der Waals surface area contributed by atoms with Gasteiger partial charge < -0.3 is 9.73 Å². The van der Waals surface area contributed by atoms with E-state index in [1.54, 1.807) is 31.2 Å². The smallest absolute Gasteiger partial charge is 0.277 e. The molecular formula is C16H18ClN3O4S2. The Hall–Kier alpha value is -1.58. The van der Waals surface area contributed by atoms with Crippen LogP contribution in [0.5, 0.6) is 0 Å². The largest absolute Gasteiger partial charge is 0.416 e. The van der Waals surface area contributed by atoms with Gasteiger partial charge in [-0.05, 0) is 37.5 Å². The fraction of sp³-hybridized carbons (Fsp3) is 0.438. The number of halogens is 1. The van der Waals surface area contributed by atoms with Crippen LogP contribution in [0.4, 0.5) is 5.69 Å². The van der Waals surface area contributed by atoms with E-state index >= 15 is 0 Å². The molecule has 1 amide bonds. The molecule has 1 N–H and O–H groups in total. The summed E-state index contributed by atoms with van der Waals surface area (Å²) in [6, 6.07) is 6.90. The minimum atomic E-state index is -2.93. The molecule has 1 aromatic heterocycles. The average Bonchev–Trinajstić information content (AvgIpc) is 3.13. The van der Waals surface area contributed by atoms with E-state index < -0.39 is 15.1 Å². The Morgan fingerprint density at radius 2 is 2.27 bits per heavy atom. The van der Waals surface area contributed by atoms with Gasteiger partial charge in [0.25, 0.3) is 5.22 Å². The summed E-state index contributed by atoms with van der Waals surface area (Å²) in [5.74, 6) is 0.586. The lowest BCUT2D eigenvalue weighted by molar-refractivity contribution is -0.115. The van der Waals surface area contributed by atoms with Crippen molar-refractivity contribution in [1.82, 2.24) is 10.2 Å². The number of hydrogen-bond donors (Lipinski definition) is 1. The number of carbonyl (C=O) groups is 1. The molecule has 1 aromatic carbocycles. The summed E-state index contributed by atoms with van der Waals surface area (Å²) in [6.07, 6.45) is 1.06. The maximum absolute atomic E-state index is 12.3. The predicted molar refractivity (Wildman–Crippen MR) is 100 cm³/mol. The van der Waals surface area contributed by atoms with Gasteiger partial charge in [0.05, 0.1) is 16.8 Å². The number of nitrogens with one attached hydrogen (secondary N) is 1. The van der Waals surface area contributed by atoms with Crippen molar-refractivity contribution in [2.24, 2.45) is 5.92 Å². The number of nitrogens with zero attached hydrogens (tertiary/aromatic N) is 2. The van der Waals surface area contributed by atoms with Crippen molar-refractivity contribution in [3.05, 3.63) is 35.2 Å². The number of benzene rings is 1. The lowest BCUT2D eigenvalue weighted by Gasteiger charge is -2.10. The average molecular weight is 416 g/mol. The van der Waals surface area contributed by atoms with Crippen molar-refractivity contribution < 1.29 is 17.6 Å². The van der Waals surface area contributed by atoms with Crippen molar-refractivity contribution in [2.45, 2.75) is 30.2 Å². The Morgan fingerprint density at radius 3 is 2.96 bits per heavy atom. The second-order valence-corrected chi connectivity index (χ2v) is 10.2. The first-order valence-electron chi connectivity index (χ1n) is 8.06. The predicted octanol–water partition coefficient (Wildman–Crippen LogP) is 2.82. The zero-order valence-electron chi connectivity index (χ0n) is 14.0.